The Morgan fingerprint density at radius 1 is 1.10 bits per heavy atom. The normalized spacial score (nSPS) is 26.8. The average Bonchev–Trinajstić information content (AvgIpc) is 3.18. The highest BCUT2D eigenvalue weighted by Crippen LogP contribution is 2.25. The van der Waals surface area contributed by atoms with E-state index in [1.165, 1.54) is 75.1 Å². The molecule has 0 aliphatic carbocycles. The summed E-state index contributed by atoms with van der Waals surface area (Å²) in [5, 5.41) is 3.51. The van der Waals surface area contributed by atoms with Crippen molar-refractivity contribution in [2.45, 2.75) is 44.7 Å². The molecular formula is C18H27N3. The molecule has 0 spiro atoms. The van der Waals surface area contributed by atoms with Crippen molar-refractivity contribution < 1.29 is 0 Å². The predicted molar refractivity (Wildman–Crippen MR) is 87.7 cm³/mol. The van der Waals surface area contributed by atoms with E-state index >= 15 is 0 Å². The van der Waals surface area contributed by atoms with E-state index < -0.39 is 0 Å². The lowest BCUT2D eigenvalue weighted by atomic mass is 10.0. The molecule has 1 aromatic carbocycles. The molecule has 1 unspecified atom stereocenters. The quantitative estimate of drug-likeness (QED) is 0.921. The zero-order chi connectivity index (χ0) is 14.1. The van der Waals surface area contributed by atoms with Crippen LogP contribution in [0.3, 0.4) is 0 Å². The number of hydrogen-bond acceptors (Lipinski definition) is 3. The zero-order valence-electron chi connectivity index (χ0n) is 13.0. The molecule has 1 aromatic rings. The number of rotatable bonds is 3. The van der Waals surface area contributed by atoms with Gasteiger partial charge in [-0.15, -0.1) is 0 Å². The van der Waals surface area contributed by atoms with Gasteiger partial charge in [-0.05, 0) is 62.4 Å². The SMILES string of the molecule is c1cc2c(cc1CN1CCC(N3CCCC3)C1)CCCN2. The van der Waals surface area contributed by atoms with E-state index in [0.717, 1.165) is 19.1 Å². The Morgan fingerprint density at radius 2 is 2.00 bits per heavy atom. The molecule has 0 saturated carbocycles. The standard InChI is InChI=1S/C18H27N3/c1-2-10-21(9-1)17-7-11-20(14-17)13-15-5-6-18-16(12-15)4-3-8-19-18/h5-6,12,17,19H,1-4,7-11,13-14H2. The van der Waals surface area contributed by atoms with Crippen LogP contribution >= 0.6 is 0 Å². The van der Waals surface area contributed by atoms with E-state index in [1.807, 2.05) is 0 Å². The molecule has 0 amide bonds. The average molecular weight is 285 g/mol. The molecule has 3 heterocycles. The summed E-state index contributed by atoms with van der Waals surface area (Å²) in [6, 6.07) is 7.87. The Morgan fingerprint density at radius 3 is 2.90 bits per heavy atom. The van der Waals surface area contributed by atoms with Crippen molar-refractivity contribution in [3.63, 3.8) is 0 Å². The molecule has 0 aromatic heterocycles. The van der Waals surface area contributed by atoms with Gasteiger partial charge in [0.05, 0.1) is 0 Å². The van der Waals surface area contributed by atoms with Crippen molar-refractivity contribution in [3.05, 3.63) is 29.3 Å². The molecule has 21 heavy (non-hydrogen) atoms. The summed E-state index contributed by atoms with van der Waals surface area (Å²) in [4.78, 5) is 5.37. The highest BCUT2D eigenvalue weighted by molar-refractivity contribution is 5.54. The Kier molecular flexibility index (Phi) is 3.87. The van der Waals surface area contributed by atoms with Crippen molar-refractivity contribution in [3.8, 4) is 0 Å². The number of benzene rings is 1. The number of likely N-dealkylation sites (tertiary alicyclic amines) is 2. The van der Waals surface area contributed by atoms with Gasteiger partial charge in [-0.2, -0.15) is 0 Å². The summed E-state index contributed by atoms with van der Waals surface area (Å²) in [6.45, 7) is 7.49. The fraction of sp³-hybridized carbons (Fsp3) is 0.667. The van der Waals surface area contributed by atoms with Crippen LogP contribution in [-0.2, 0) is 13.0 Å². The van der Waals surface area contributed by atoms with Crippen molar-refractivity contribution in [2.24, 2.45) is 0 Å². The summed E-state index contributed by atoms with van der Waals surface area (Å²) in [6.07, 6.45) is 6.71. The first-order valence-electron chi connectivity index (χ1n) is 8.70. The second kappa shape index (κ2) is 5.98. The fourth-order valence-electron chi connectivity index (χ4n) is 4.25. The van der Waals surface area contributed by atoms with Crippen molar-refractivity contribution >= 4 is 5.69 Å². The lowest BCUT2D eigenvalue weighted by molar-refractivity contribution is 0.230. The first kappa shape index (κ1) is 13.6. The highest BCUT2D eigenvalue weighted by atomic mass is 15.3. The van der Waals surface area contributed by atoms with Crippen LogP contribution in [0.1, 0.15) is 36.8 Å². The summed E-state index contributed by atoms with van der Waals surface area (Å²) in [5.41, 5.74) is 4.38. The maximum Gasteiger partial charge on any atom is 0.0372 e. The highest BCUT2D eigenvalue weighted by Gasteiger charge is 2.29. The van der Waals surface area contributed by atoms with Crippen LogP contribution in [0.2, 0.25) is 0 Å². The first-order chi connectivity index (χ1) is 10.4. The third kappa shape index (κ3) is 2.95. The minimum Gasteiger partial charge on any atom is -0.385 e. The van der Waals surface area contributed by atoms with Crippen molar-refractivity contribution in [1.29, 1.82) is 0 Å². The third-order valence-corrected chi connectivity index (χ3v) is 5.42. The maximum absolute atomic E-state index is 3.51. The van der Waals surface area contributed by atoms with Gasteiger partial charge in [-0.25, -0.2) is 0 Å². The summed E-state index contributed by atoms with van der Waals surface area (Å²) >= 11 is 0. The number of nitrogens with zero attached hydrogens (tertiary/aromatic N) is 2. The molecule has 0 bridgehead atoms. The van der Waals surface area contributed by atoms with Gasteiger partial charge in [0, 0.05) is 37.9 Å². The van der Waals surface area contributed by atoms with E-state index in [0.29, 0.717) is 0 Å². The van der Waals surface area contributed by atoms with Gasteiger partial charge in [-0.3, -0.25) is 9.80 Å². The Balaban J connectivity index is 1.38. The number of hydrogen-bond donors (Lipinski definition) is 1. The van der Waals surface area contributed by atoms with Gasteiger partial charge >= 0.3 is 0 Å². The smallest absolute Gasteiger partial charge is 0.0372 e. The lowest BCUT2D eigenvalue weighted by Crippen LogP contribution is -2.35. The van der Waals surface area contributed by atoms with E-state index in [-0.39, 0.29) is 0 Å². The number of nitrogens with one attached hydrogen (secondary N) is 1. The number of fused-ring (bicyclic) bond motifs is 1. The Bertz CT molecular complexity index is 493. The van der Waals surface area contributed by atoms with Gasteiger partial charge in [0.25, 0.3) is 0 Å². The maximum atomic E-state index is 3.51. The van der Waals surface area contributed by atoms with Crippen LogP contribution in [0, 0.1) is 0 Å². The fourth-order valence-corrected chi connectivity index (χ4v) is 4.25. The van der Waals surface area contributed by atoms with E-state index in [2.05, 4.69) is 33.3 Å². The molecule has 3 heteroatoms. The molecule has 2 saturated heterocycles. The summed E-state index contributed by atoms with van der Waals surface area (Å²) in [7, 11) is 0. The minimum atomic E-state index is 0.826. The molecule has 3 aliphatic rings. The molecule has 2 fully saturated rings. The van der Waals surface area contributed by atoms with E-state index in [1.54, 1.807) is 0 Å². The minimum absolute atomic E-state index is 0.826. The number of anilines is 1. The molecule has 114 valence electrons. The Hall–Kier alpha value is -1.06. The van der Waals surface area contributed by atoms with Gasteiger partial charge in [0.2, 0.25) is 0 Å². The van der Waals surface area contributed by atoms with E-state index in [4.69, 9.17) is 0 Å². The third-order valence-electron chi connectivity index (χ3n) is 5.42. The molecular weight excluding hydrogens is 258 g/mol. The predicted octanol–water partition coefficient (Wildman–Crippen LogP) is 2.71. The Labute approximate surface area is 128 Å². The van der Waals surface area contributed by atoms with Crippen LogP contribution in [-0.4, -0.2) is 48.6 Å². The van der Waals surface area contributed by atoms with Crippen LogP contribution in [0.5, 0.6) is 0 Å². The summed E-state index contributed by atoms with van der Waals surface area (Å²) < 4.78 is 0. The van der Waals surface area contributed by atoms with Crippen LogP contribution in [0.15, 0.2) is 18.2 Å². The molecule has 4 rings (SSSR count). The van der Waals surface area contributed by atoms with Crippen molar-refractivity contribution in [2.75, 3.05) is 38.0 Å². The van der Waals surface area contributed by atoms with Crippen LogP contribution in [0.4, 0.5) is 5.69 Å². The first-order valence-corrected chi connectivity index (χ1v) is 8.70. The van der Waals surface area contributed by atoms with Crippen LogP contribution in [0.25, 0.3) is 0 Å². The molecule has 1 N–H and O–H groups in total. The monoisotopic (exact) mass is 285 g/mol. The lowest BCUT2D eigenvalue weighted by Gasteiger charge is -2.24. The van der Waals surface area contributed by atoms with Gasteiger partial charge in [0.15, 0.2) is 0 Å². The second-order valence-corrected chi connectivity index (χ2v) is 6.94. The molecule has 3 nitrogen and oxygen atoms in total. The van der Waals surface area contributed by atoms with Crippen molar-refractivity contribution in [1.82, 2.24) is 9.80 Å². The summed E-state index contributed by atoms with van der Waals surface area (Å²) in [5.74, 6) is 0. The van der Waals surface area contributed by atoms with E-state index in [9.17, 15) is 0 Å². The van der Waals surface area contributed by atoms with Gasteiger partial charge < -0.3 is 5.32 Å². The number of aryl methyl sites for hydroxylation is 1. The zero-order valence-corrected chi connectivity index (χ0v) is 13.0. The molecule has 3 aliphatic heterocycles. The molecule has 1 atom stereocenters. The topological polar surface area (TPSA) is 18.5 Å². The van der Waals surface area contributed by atoms with Gasteiger partial charge in [0.1, 0.15) is 0 Å². The largest absolute Gasteiger partial charge is 0.385 e. The van der Waals surface area contributed by atoms with Gasteiger partial charge in [-0.1, -0.05) is 12.1 Å². The van der Waals surface area contributed by atoms with Crippen LogP contribution < -0.4 is 5.32 Å². The molecule has 0 radical (unpaired) electrons. The second-order valence-electron chi connectivity index (χ2n) is 6.94.